The van der Waals surface area contributed by atoms with Crippen molar-refractivity contribution in [3.63, 3.8) is 0 Å². The molecule has 1 aromatic carbocycles. The van der Waals surface area contributed by atoms with Gasteiger partial charge in [-0.15, -0.1) is 0 Å². The van der Waals surface area contributed by atoms with E-state index in [0.717, 1.165) is 51.3 Å². The smallest absolute Gasteiger partial charge is 0.269 e. The maximum Gasteiger partial charge on any atom is 0.269 e. The molecule has 0 aliphatic carbocycles. The van der Waals surface area contributed by atoms with Crippen LogP contribution in [-0.2, 0) is 15.9 Å². The van der Waals surface area contributed by atoms with Crippen LogP contribution in [-0.4, -0.2) is 54.4 Å². The highest BCUT2D eigenvalue weighted by Gasteiger charge is 2.45. The van der Waals surface area contributed by atoms with Gasteiger partial charge in [0.05, 0.1) is 17.6 Å². The number of nitro groups is 1. The molecular weight excluding hydrogens is 284 g/mol. The fourth-order valence-corrected chi connectivity index (χ4v) is 3.30. The molecule has 0 unspecified atom stereocenters. The van der Waals surface area contributed by atoms with Gasteiger partial charge >= 0.3 is 0 Å². The number of nitro benzene ring substituents is 1. The van der Waals surface area contributed by atoms with Gasteiger partial charge in [-0.1, -0.05) is 12.1 Å². The van der Waals surface area contributed by atoms with Crippen LogP contribution in [0.4, 0.5) is 5.69 Å². The second-order valence-corrected chi connectivity index (χ2v) is 6.13. The number of benzene rings is 1. The summed E-state index contributed by atoms with van der Waals surface area (Å²) in [7, 11) is 0. The number of nitrogens with zero attached hydrogens (tertiary/aromatic N) is 2. The van der Waals surface area contributed by atoms with E-state index >= 15 is 0 Å². The molecule has 2 saturated heterocycles. The topological polar surface area (TPSA) is 64.8 Å². The summed E-state index contributed by atoms with van der Waals surface area (Å²) in [5, 5.41) is 10.7. The molecule has 2 aliphatic heterocycles. The number of morpholine rings is 1. The zero-order valence-electron chi connectivity index (χ0n) is 12.9. The van der Waals surface area contributed by atoms with Crippen LogP contribution in [0.1, 0.15) is 18.9 Å². The Labute approximate surface area is 130 Å². The van der Waals surface area contributed by atoms with Crippen LogP contribution >= 0.6 is 0 Å². The van der Waals surface area contributed by atoms with Crippen LogP contribution in [0, 0.1) is 10.1 Å². The number of hydrogen-bond donors (Lipinski definition) is 0. The molecule has 2 aliphatic rings. The molecule has 1 aromatic rings. The predicted molar refractivity (Wildman–Crippen MR) is 82.0 cm³/mol. The Morgan fingerprint density at radius 1 is 1.36 bits per heavy atom. The first-order chi connectivity index (χ1) is 10.6. The average molecular weight is 306 g/mol. The summed E-state index contributed by atoms with van der Waals surface area (Å²) < 4.78 is 11.7. The molecule has 2 heterocycles. The lowest BCUT2D eigenvalue weighted by Gasteiger charge is -2.42. The number of non-ortho nitro benzene ring substituents is 1. The number of hydrogen-bond acceptors (Lipinski definition) is 5. The number of ether oxygens (including phenoxy) is 2. The monoisotopic (exact) mass is 306 g/mol. The normalized spacial score (nSPS) is 29.0. The van der Waals surface area contributed by atoms with Crippen molar-refractivity contribution >= 4 is 5.69 Å². The summed E-state index contributed by atoms with van der Waals surface area (Å²) in [6.45, 7) is 6.39. The zero-order valence-corrected chi connectivity index (χ0v) is 12.9. The Hall–Kier alpha value is -1.50. The minimum absolute atomic E-state index is 0.144. The molecule has 120 valence electrons. The lowest BCUT2D eigenvalue weighted by molar-refractivity contribution is -0.384. The fraction of sp³-hybridized carbons (Fsp3) is 0.625. The standard InChI is InChI=1S/C16H22N2O4/c1-13-16(7-10-21-13)12-17(9-11-22-16)8-6-14-2-4-15(5-3-14)18(19)20/h2-5,13H,6-12H2,1H3/t13-,16+/m0/s1. The minimum Gasteiger partial charge on any atom is -0.375 e. The van der Waals surface area contributed by atoms with Crippen LogP contribution in [0.15, 0.2) is 24.3 Å². The van der Waals surface area contributed by atoms with E-state index in [1.54, 1.807) is 12.1 Å². The molecule has 2 atom stereocenters. The van der Waals surface area contributed by atoms with Gasteiger partial charge in [0.25, 0.3) is 5.69 Å². The van der Waals surface area contributed by atoms with E-state index in [4.69, 9.17) is 9.47 Å². The molecule has 0 amide bonds. The molecule has 0 bridgehead atoms. The van der Waals surface area contributed by atoms with Crippen LogP contribution < -0.4 is 0 Å². The first-order valence-corrected chi connectivity index (χ1v) is 7.80. The first kappa shape index (κ1) is 15.4. The van der Waals surface area contributed by atoms with E-state index in [0.29, 0.717) is 0 Å². The van der Waals surface area contributed by atoms with Crippen LogP contribution in [0.25, 0.3) is 0 Å². The summed E-state index contributed by atoms with van der Waals surface area (Å²) in [5.41, 5.74) is 1.13. The van der Waals surface area contributed by atoms with Crippen molar-refractivity contribution in [1.29, 1.82) is 0 Å². The van der Waals surface area contributed by atoms with Crippen molar-refractivity contribution in [2.45, 2.75) is 31.5 Å². The minimum atomic E-state index is -0.364. The van der Waals surface area contributed by atoms with Gasteiger partial charge < -0.3 is 9.47 Å². The fourth-order valence-electron chi connectivity index (χ4n) is 3.30. The molecule has 0 aromatic heterocycles. The molecule has 6 nitrogen and oxygen atoms in total. The molecule has 6 heteroatoms. The Morgan fingerprint density at radius 3 is 2.77 bits per heavy atom. The van der Waals surface area contributed by atoms with Crippen LogP contribution in [0.5, 0.6) is 0 Å². The van der Waals surface area contributed by atoms with E-state index in [1.807, 2.05) is 12.1 Å². The van der Waals surface area contributed by atoms with Gasteiger partial charge in [-0.3, -0.25) is 15.0 Å². The molecule has 3 rings (SSSR count). The van der Waals surface area contributed by atoms with Crippen molar-refractivity contribution < 1.29 is 14.4 Å². The van der Waals surface area contributed by atoms with Gasteiger partial charge in [0, 0.05) is 44.8 Å². The Morgan fingerprint density at radius 2 is 2.14 bits per heavy atom. The first-order valence-electron chi connectivity index (χ1n) is 7.80. The van der Waals surface area contributed by atoms with Crippen molar-refractivity contribution in [1.82, 2.24) is 4.90 Å². The summed E-state index contributed by atoms with van der Waals surface area (Å²) >= 11 is 0. The lowest BCUT2D eigenvalue weighted by Crippen LogP contribution is -2.55. The summed E-state index contributed by atoms with van der Waals surface area (Å²) in [5.74, 6) is 0. The number of rotatable bonds is 4. The summed E-state index contributed by atoms with van der Waals surface area (Å²) in [6, 6.07) is 6.83. The molecular formula is C16H22N2O4. The third-order valence-electron chi connectivity index (χ3n) is 4.79. The Balaban J connectivity index is 1.56. The van der Waals surface area contributed by atoms with E-state index in [-0.39, 0.29) is 22.3 Å². The predicted octanol–water partition coefficient (Wildman–Crippen LogP) is 2.02. The Kier molecular flexibility index (Phi) is 4.42. The second kappa shape index (κ2) is 6.32. The molecule has 2 fully saturated rings. The lowest BCUT2D eigenvalue weighted by atomic mass is 9.94. The quantitative estimate of drug-likeness (QED) is 0.629. The zero-order chi connectivity index (χ0) is 15.6. The van der Waals surface area contributed by atoms with Crippen molar-refractivity contribution in [3.05, 3.63) is 39.9 Å². The summed E-state index contributed by atoms with van der Waals surface area (Å²) in [4.78, 5) is 12.7. The van der Waals surface area contributed by atoms with Gasteiger partial charge in [-0.25, -0.2) is 0 Å². The van der Waals surface area contributed by atoms with E-state index in [2.05, 4.69) is 11.8 Å². The largest absolute Gasteiger partial charge is 0.375 e. The molecule has 0 N–H and O–H groups in total. The SMILES string of the molecule is C[C@@H]1OCC[C@@]12CN(CCc1ccc([N+](=O)[O-])cc1)CCO2. The van der Waals surface area contributed by atoms with Gasteiger partial charge in [-0.05, 0) is 18.9 Å². The van der Waals surface area contributed by atoms with Crippen molar-refractivity contribution in [2.24, 2.45) is 0 Å². The van der Waals surface area contributed by atoms with Crippen LogP contribution in [0.2, 0.25) is 0 Å². The van der Waals surface area contributed by atoms with Gasteiger partial charge in [0.15, 0.2) is 0 Å². The van der Waals surface area contributed by atoms with Crippen molar-refractivity contribution in [3.8, 4) is 0 Å². The van der Waals surface area contributed by atoms with Gasteiger partial charge in [-0.2, -0.15) is 0 Å². The van der Waals surface area contributed by atoms with Crippen molar-refractivity contribution in [2.75, 3.05) is 32.8 Å². The second-order valence-electron chi connectivity index (χ2n) is 6.13. The van der Waals surface area contributed by atoms with Crippen LogP contribution in [0.3, 0.4) is 0 Å². The molecule has 1 spiro atoms. The highest BCUT2D eigenvalue weighted by molar-refractivity contribution is 5.32. The molecule has 22 heavy (non-hydrogen) atoms. The van der Waals surface area contributed by atoms with Gasteiger partial charge in [0.1, 0.15) is 5.60 Å². The van der Waals surface area contributed by atoms with Gasteiger partial charge in [0.2, 0.25) is 0 Å². The summed E-state index contributed by atoms with van der Waals surface area (Å²) in [6.07, 6.45) is 2.00. The third kappa shape index (κ3) is 3.14. The Bertz CT molecular complexity index is 533. The average Bonchev–Trinajstić information content (AvgIpc) is 2.86. The van der Waals surface area contributed by atoms with E-state index in [9.17, 15) is 10.1 Å². The maximum absolute atomic E-state index is 10.7. The molecule has 0 saturated carbocycles. The maximum atomic E-state index is 10.7. The van der Waals surface area contributed by atoms with E-state index < -0.39 is 0 Å². The third-order valence-corrected chi connectivity index (χ3v) is 4.79. The molecule has 0 radical (unpaired) electrons. The highest BCUT2D eigenvalue weighted by atomic mass is 16.6. The van der Waals surface area contributed by atoms with E-state index in [1.165, 1.54) is 0 Å². The highest BCUT2D eigenvalue weighted by Crippen LogP contribution is 2.33.